The molecule has 0 spiro atoms. The van der Waals surface area contributed by atoms with Gasteiger partial charge in [-0.1, -0.05) is 42.5 Å². The Bertz CT molecular complexity index is 1230. The molecule has 7 nitrogen and oxygen atoms in total. The lowest BCUT2D eigenvalue weighted by Gasteiger charge is -2.10. The largest absolute Gasteiger partial charge is 0.399 e. The zero-order valence-corrected chi connectivity index (χ0v) is 17.8. The summed E-state index contributed by atoms with van der Waals surface area (Å²) in [4.78, 5) is 12.6. The van der Waals surface area contributed by atoms with Crippen LogP contribution in [0.25, 0.3) is 0 Å². The SMILES string of the molecule is Nc1cccc(Nc2ncc(F)c(Nc3cccc(N=CCOCc4ccccc4)c3)n2)c1. The third-order valence-electron chi connectivity index (χ3n) is 4.54. The maximum absolute atomic E-state index is 14.3. The van der Waals surface area contributed by atoms with Gasteiger partial charge in [-0.3, -0.25) is 4.99 Å². The average molecular weight is 442 g/mol. The van der Waals surface area contributed by atoms with E-state index in [1.165, 1.54) is 0 Å². The minimum Gasteiger partial charge on any atom is -0.399 e. The lowest BCUT2D eigenvalue weighted by molar-refractivity contribution is 0.160. The van der Waals surface area contributed by atoms with E-state index in [0.29, 0.717) is 36.0 Å². The molecule has 0 radical (unpaired) electrons. The monoisotopic (exact) mass is 442 g/mol. The molecule has 0 atom stereocenters. The molecule has 0 aliphatic rings. The second kappa shape index (κ2) is 10.8. The van der Waals surface area contributed by atoms with Gasteiger partial charge in [0.05, 0.1) is 25.1 Å². The van der Waals surface area contributed by atoms with Crippen LogP contribution in [-0.4, -0.2) is 22.8 Å². The standard InChI is InChI=1S/C25H23FN6O/c26-23-16-29-25(31-21-10-4-8-19(27)14-21)32-24(23)30-22-11-5-9-20(15-22)28-12-13-33-17-18-6-2-1-3-7-18/h1-12,14-16H,13,17,27H2,(H2,29,30,31,32). The summed E-state index contributed by atoms with van der Waals surface area (Å²) in [6.45, 7) is 0.902. The van der Waals surface area contributed by atoms with Gasteiger partial charge in [0.1, 0.15) is 0 Å². The quantitative estimate of drug-likeness (QED) is 0.177. The highest BCUT2D eigenvalue weighted by Gasteiger charge is 2.08. The molecule has 4 rings (SSSR count). The number of hydrogen-bond acceptors (Lipinski definition) is 7. The minimum atomic E-state index is -0.573. The molecule has 8 heteroatoms. The Morgan fingerprint density at radius 3 is 2.55 bits per heavy atom. The number of aliphatic imine (C=N–C) groups is 1. The number of benzene rings is 3. The van der Waals surface area contributed by atoms with Crippen LogP contribution in [-0.2, 0) is 11.3 Å². The lowest BCUT2D eigenvalue weighted by Crippen LogP contribution is -2.03. The van der Waals surface area contributed by atoms with Crippen molar-refractivity contribution in [1.29, 1.82) is 0 Å². The van der Waals surface area contributed by atoms with Gasteiger partial charge in [0.15, 0.2) is 11.6 Å². The molecule has 0 aliphatic carbocycles. The fraction of sp³-hybridized carbons (Fsp3) is 0.0800. The molecule has 0 bridgehead atoms. The normalized spacial score (nSPS) is 10.9. The van der Waals surface area contributed by atoms with Gasteiger partial charge in [0.2, 0.25) is 5.95 Å². The van der Waals surface area contributed by atoms with Crippen molar-refractivity contribution in [2.45, 2.75) is 6.61 Å². The highest BCUT2D eigenvalue weighted by atomic mass is 19.1. The summed E-state index contributed by atoms with van der Waals surface area (Å²) in [5.74, 6) is -0.283. The third kappa shape index (κ3) is 6.59. The maximum Gasteiger partial charge on any atom is 0.229 e. The summed E-state index contributed by atoms with van der Waals surface area (Å²) >= 11 is 0. The van der Waals surface area contributed by atoms with E-state index in [2.05, 4.69) is 25.6 Å². The predicted octanol–water partition coefficient (Wildman–Crippen LogP) is 5.60. The fourth-order valence-electron chi connectivity index (χ4n) is 3.01. The molecule has 1 heterocycles. The Morgan fingerprint density at radius 2 is 1.73 bits per heavy atom. The van der Waals surface area contributed by atoms with Crippen LogP contribution in [0.3, 0.4) is 0 Å². The Kier molecular flexibility index (Phi) is 7.19. The zero-order valence-electron chi connectivity index (χ0n) is 17.8. The molecule has 0 amide bonds. The summed E-state index contributed by atoms with van der Waals surface area (Å²) < 4.78 is 19.9. The van der Waals surface area contributed by atoms with Crippen LogP contribution in [0, 0.1) is 5.82 Å². The molecule has 0 saturated heterocycles. The second-order valence-corrected chi connectivity index (χ2v) is 7.13. The molecule has 4 aromatic rings. The van der Waals surface area contributed by atoms with E-state index in [-0.39, 0.29) is 11.8 Å². The van der Waals surface area contributed by atoms with Gasteiger partial charge in [-0.25, -0.2) is 9.37 Å². The van der Waals surface area contributed by atoms with Crippen molar-refractivity contribution in [3.8, 4) is 0 Å². The molecule has 3 aromatic carbocycles. The Hall–Kier alpha value is -4.30. The summed E-state index contributed by atoms with van der Waals surface area (Å²) in [6.07, 6.45) is 2.80. The minimum absolute atomic E-state index is 0.0451. The molecule has 0 aliphatic heterocycles. The zero-order chi connectivity index (χ0) is 22.9. The highest BCUT2D eigenvalue weighted by Crippen LogP contribution is 2.24. The Labute approximate surface area is 191 Å². The molecule has 1 aromatic heterocycles. The number of ether oxygens (including phenoxy) is 1. The van der Waals surface area contributed by atoms with Crippen molar-refractivity contribution in [1.82, 2.24) is 9.97 Å². The molecule has 166 valence electrons. The molecule has 0 fully saturated rings. The van der Waals surface area contributed by atoms with E-state index in [0.717, 1.165) is 11.8 Å². The van der Waals surface area contributed by atoms with Crippen LogP contribution in [0.15, 0.2) is 90.1 Å². The number of nitrogen functional groups attached to an aromatic ring is 1. The summed E-state index contributed by atoms with van der Waals surface area (Å²) in [7, 11) is 0. The van der Waals surface area contributed by atoms with E-state index in [1.807, 2.05) is 48.5 Å². The number of nitrogens with one attached hydrogen (secondary N) is 2. The van der Waals surface area contributed by atoms with Crippen molar-refractivity contribution in [3.63, 3.8) is 0 Å². The van der Waals surface area contributed by atoms with Crippen molar-refractivity contribution >= 4 is 40.7 Å². The van der Waals surface area contributed by atoms with Crippen LogP contribution in [0.1, 0.15) is 5.56 Å². The van der Waals surface area contributed by atoms with Gasteiger partial charge < -0.3 is 21.1 Å². The van der Waals surface area contributed by atoms with E-state index < -0.39 is 5.82 Å². The fourth-order valence-corrected chi connectivity index (χ4v) is 3.01. The van der Waals surface area contributed by atoms with E-state index >= 15 is 0 Å². The molecule has 0 saturated carbocycles. The summed E-state index contributed by atoms with van der Waals surface area (Å²) in [6, 6.07) is 24.3. The van der Waals surface area contributed by atoms with Gasteiger partial charge in [-0.05, 0) is 42.0 Å². The average Bonchev–Trinajstić information content (AvgIpc) is 2.82. The summed E-state index contributed by atoms with van der Waals surface area (Å²) in [5, 5.41) is 5.99. The van der Waals surface area contributed by atoms with Crippen LogP contribution in [0.4, 0.5) is 38.9 Å². The number of anilines is 5. The Morgan fingerprint density at radius 1 is 0.939 bits per heavy atom. The van der Waals surface area contributed by atoms with E-state index in [4.69, 9.17) is 10.5 Å². The topological polar surface area (TPSA) is 97.5 Å². The van der Waals surface area contributed by atoms with Gasteiger partial charge in [0.25, 0.3) is 0 Å². The van der Waals surface area contributed by atoms with Gasteiger partial charge in [0, 0.05) is 23.3 Å². The number of nitrogens with two attached hydrogens (primary N) is 1. The molecule has 4 N–H and O–H groups in total. The number of aromatic nitrogens is 2. The number of halogens is 1. The first-order valence-corrected chi connectivity index (χ1v) is 10.3. The first-order valence-electron chi connectivity index (χ1n) is 10.3. The van der Waals surface area contributed by atoms with Crippen LogP contribution in [0.5, 0.6) is 0 Å². The van der Waals surface area contributed by atoms with E-state index in [9.17, 15) is 4.39 Å². The second-order valence-electron chi connectivity index (χ2n) is 7.13. The van der Waals surface area contributed by atoms with E-state index in [1.54, 1.807) is 36.5 Å². The first-order chi connectivity index (χ1) is 16.2. The lowest BCUT2D eigenvalue weighted by atomic mass is 10.2. The van der Waals surface area contributed by atoms with Gasteiger partial charge in [-0.15, -0.1) is 0 Å². The Balaban J connectivity index is 1.37. The van der Waals surface area contributed by atoms with Gasteiger partial charge in [-0.2, -0.15) is 4.98 Å². The number of hydrogen-bond donors (Lipinski definition) is 3. The first kappa shape index (κ1) is 21.9. The molecular formula is C25H23FN6O. The number of rotatable bonds is 9. The summed E-state index contributed by atoms with van der Waals surface area (Å²) in [5.41, 5.74) is 9.55. The number of nitrogens with zero attached hydrogens (tertiary/aromatic N) is 3. The highest BCUT2D eigenvalue weighted by molar-refractivity contribution is 5.68. The van der Waals surface area contributed by atoms with Crippen molar-refractivity contribution in [2.24, 2.45) is 4.99 Å². The maximum atomic E-state index is 14.3. The van der Waals surface area contributed by atoms with Crippen molar-refractivity contribution < 1.29 is 9.13 Å². The predicted molar refractivity (Wildman–Crippen MR) is 130 cm³/mol. The molecule has 33 heavy (non-hydrogen) atoms. The van der Waals surface area contributed by atoms with Crippen LogP contribution in [0.2, 0.25) is 0 Å². The van der Waals surface area contributed by atoms with Crippen LogP contribution >= 0.6 is 0 Å². The van der Waals surface area contributed by atoms with Gasteiger partial charge >= 0.3 is 0 Å². The molecule has 0 unspecified atom stereocenters. The third-order valence-corrected chi connectivity index (χ3v) is 4.54. The van der Waals surface area contributed by atoms with Crippen molar-refractivity contribution in [3.05, 3.63) is 96.4 Å². The van der Waals surface area contributed by atoms with Crippen molar-refractivity contribution in [2.75, 3.05) is 23.0 Å². The smallest absolute Gasteiger partial charge is 0.229 e. The van der Waals surface area contributed by atoms with Crippen LogP contribution < -0.4 is 16.4 Å². The molecular weight excluding hydrogens is 419 g/mol.